The van der Waals surface area contributed by atoms with Crippen LogP contribution in [0.2, 0.25) is 0 Å². The second kappa shape index (κ2) is 9.99. The summed E-state index contributed by atoms with van der Waals surface area (Å²) in [5.41, 5.74) is 1.59. The van der Waals surface area contributed by atoms with Gasteiger partial charge in [0.05, 0.1) is 32.6 Å². The van der Waals surface area contributed by atoms with Gasteiger partial charge < -0.3 is 29.0 Å². The van der Waals surface area contributed by atoms with Crippen LogP contribution in [0.5, 0.6) is 28.7 Å². The maximum atomic E-state index is 12.8. The highest BCUT2D eigenvalue weighted by Gasteiger charge is 2.28. The molecule has 0 saturated heterocycles. The van der Waals surface area contributed by atoms with E-state index in [0.717, 1.165) is 0 Å². The lowest BCUT2D eigenvalue weighted by atomic mass is 10.1. The van der Waals surface area contributed by atoms with Crippen molar-refractivity contribution in [1.82, 2.24) is 0 Å². The van der Waals surface area contributed by atoms with E-state index < -0.39 is 0 Å². The SMILES string of the molecule is COc1ccccc1NC(=O)COc1ccc2c(c1)OC(=Cc1cccc(OC)c1OC)C2=O. The van der Waals surface area contributed by atoms with Gasteiger partial charge in [-0.1, -0.05) is 24.3 Å². The molecule has 0 aliphatic carbocycles. The van der Waals surface area contributed by atoms with E-state index in [1.165, 1.54) is 14.2 Å². The van der Waals surface area contributed by atoms with E-state index in [2.05, 4.69) is 5.32 Å². The number of benzene rings is 3. The van der Waals surface area contributed by atoms with E-state index in [4.69, 9.17) is 23.7 Å². The summed E-state index contributed by atoms with van der Waals surface area (Å²) in [4.78, 5) is 25.1. The number of hydrogen-bond acceptors (Lipinski definition) is 7. The molecular weight excluding hydrogens is 438 g/mol. The fourth-order valence-corrected chi connectivity index (χ4v) is 3.51. The minimum Gasteiger partial charge on any atom is -0.495 e. The van der Waals surface area contributed by atoms with Gasteiger partial charge in [-0.25, -0.2) is 0 Å². The molecule has 3 aromatic carbocycles. The predicted molar refractivity (Wildman–Crippen MR) is 126 cm³/mol. The molecular formula is C26H23NO7. The van der Waals surface area contributed by atoms with Crippen LogP contribution in [0.15, 0.2) is 66.4 Å². The summed E-state index contributed by atoms with van der Waals surface area (Å²) in [5, 5.41) is 2.74. The standard InChI is InChI=1S/C26H23NO7/c1-30-20-9-5-4-8-19(20)27-24(28)15-33-17-11-12-18-22(14-17)34-23(25(18)29)13-16-7-6-10-21(31-2)26(16)32-3/h4-14H,15H2,1-3H3,(H,27,28). The van der Waals surface area contributed by atoms with Crippen LogP contribution in [0.1, 0.15) is 15.9 Å². The average Bonchev–Trinajstić information content (AvgIpc) is 3.17. The molecule has 0 aromatic heterocycles. The van der Waals surface area contributed by atoms with Crippen molar-refractivity contribution < 1.29 is 33.3 Å². The molecule has 3 aromatic rings. The number of fused-ring (bicyclic) bond motifs is 1. The summed E-state index contributed by atoms with van der Waals surface area (Å²) < 4.78 is 27.3. The van der Waals surface area contributed by atoms with Crippen molar-refractivity contribution in [3.63, 3.8) is 0 Å². The summed E-state index contributed by atoms with van der Waals surface area (Å²) in [5.74, 6) is 1.85. The lowest BCUT2D eigenvalue weighted by molar-refractivity contribution is -0.118. The molecule has 1 amide bonds. The Labute approximate surface area is 196 Å². The molecule has 0 radical (unpaired) electrons. The Morgan fingerprint density at radius 3 is 2.47 bits per heavy atom. The largest absolute Gasteiger partial charge is 0.495 e. The summed E-state index contributed by atoms with van der Waals surface area (Å²) in [6, 6.07) is 17.2. The maximum Gasteiger partial charge on any atom is 0.262 e. The van der Waals surface area contributed by atoms with Crippen molar-refractivity contribution in [1.29, 1.82) is 0 Å². The molecule has 0 unspecified atom stereocenters. The number of rotatable bonds is 8. The monoisotopic (exact) mass is 461 g/mol. The van der Waals surface area contributed by atoms with Gasteiger partial charge in [0.25, 0.3) is 5.91 Å². The number of carbonyl (C=O) groups excluding carboxylic acids is 2. The van der Waals surface area contributed by atoms with Gasteiger partial charge in [-0.05, 0) is 36.4 Å². The summed E-state index contributed by atoms with van der Waals surface area (Å²) in [6.45, 7) is -0.228. The van der Waals surface area contributed by atoms with Gasteiger partial charge >= 0.3 is 0 Å². The Morgan fingerprint density at radius 1 is 0.941 bits per heavy atom. The Morgan fingerprint density at radius 2 is 1.71 bits per heavy atom. The Bertz CT molecular complexity index is 1270. The number of ketones is 1. The highest BCUT2D eigenvalue weighted by atomic mass is 16.5. The van der Waals surface area contributed by atoms with Crippen molar-refractivity contribution in [2.45, 2.75) is 0 Å². The molecule has 1 N–H and O–H groups in total. The third-order valence-electron chi connectivity index (χ3n) is 5.11. The van der Waals surface area contributed by atoms with E-state index in [9.17, 15) is 9.59 Å². The summed E-state index contributed by atoms with van der Waals surface area (Å²) >= 11 is 0. The third-order valence-corrected chi connectivity index (χ3v) is 5.11. The van der Waals surface area contributed by atoms with Crippen molar-refractivity contribution in [3.8, 4) is 28.7 Å². The van der Waals surface area contributed by atoms with E-state index in [-0.39, 0.29) is 24.1 Å². The minimum atomic E-state index is -0.354. The molecule has 0 fully saturated rings. The molecule has 0 bridgehead atoms. The number of ether oxygens (including phenoxy) is 5. The number of amides is 1. The van der Waals surface area contributed by atoms with Crippen LogP contribution in [0.25, 0.3) is 6.08 Å². The second-order valence-electron chi connectivity index (χ2n) is 7.22. The van der Waals surface area contributed by atoms with Crippen LogP contribution in [0.3, 0.4) is 0 Å². The number of para-hydroxylation sites is 3. The molecule has 34 heavy (non-hydrogen) atoms. The number of allylic oxidation sites excluding steroid dienone is 1. The predicted octanol–water partition coefficient (Wildman–Crippen LogP) is 4.35. The molecule has 1 heterocycles. The van der Waals surface area contributed by atoms with Crippen LogP contribution in [0, 0.1) is 0 Å². The summed E-state index contributed by atoms with van der Waals surface area (Å²) in [7, 11) is 4.60. The lowest BCUT2D eigenvalue weighted by Gasteiger charge is -2.11. The van der Waals surface area contributed by atoms with Crippen molar-refractivity contribution in [2.24, 2.45) is 0 Å². The quantitative estimate of drug-likeness (QED) is 0.499. The lowest BCUT2D eigenvalue weighted by Crippen LogP contribution is -2.20. The first-order chi connectivity index (χ1) is 16.5. The molecule has 0 atom stereocenters. The Hall–Kier alpha value is -4.46. The molecule has 4 rings (SSSR count). The molecule has 1 aliphatic rings. The number of carbonyl (C=O) groups is 2. The molecule has 0 saturated carbocycles. The van der Waals surface area contributed by atoms with Crippen molar-refractivity contribution in [2.75, 3.05) is 33.3 Å². The van der Waals surface area contributed by atoms with Crippen molar-refractivity contribution >= 4 is 23.5 Å². The maximum absolute atomic E-state index is 12.8. The van der Waals surface area contributed by atoms with Crippen LogP contribution in [0.4, 0.5) is 5.69 Å². The molecule has 8 heteroatoms. The summed E-state index contributed by atoms with van der Waals surface area (Å²) in [6.07, 6.45) is 1.60. The van der Waals surface area contributed by atoms with Gasteiger partial charge in [-0.2, -0.15) is 0 Å². The number of Topliss-reactive ketones (excluding diaryl/α,β-unsaturated/α-hetero) is 1. The highest BCUT2D eigenvalue weighted by Crippen LogP contribution is 2.37. The topological polar surface area (TPSA) is 92.3 Å². The van der Waals surface area contributed by atoms with Gasteiger partial charge in [-0.15, -0.1) is 0 Å². The van der Waals surface area contributed by atoms with E-state index in [1.807, 2.05) is 6.07 Å². The van der Waals surface area contributed by atoms with E-state index in [1.54, 1.807) is 67.8 Å². The molecule has 8 nitrogen and oxygen atoms in total. The van der Waals surface area contributed by atoms with Gasteiger partial charge in [-0.3, -0.25) is 9.59 Å². The zero-order valence-electron chi connectivity index (χ0n) is 18.9. The zero-order valence-corrected chi connectivity index (χ0v) is 18.9. The van der Waals surface area contributed by atoms with Crippen LogP contribution < -0.4 is 29.0 Å². The smallest absolute Gasteiger partial charge is 0.262 e. The highest BCUT2D eigenvalue weighted by molar-refractivity contribution is 6.14. The first-order valence-corrected chi connectivity index (χ1v) is 10.4. The minimum absolute atomic E-state index is 0.146. The molecule has 174 valence electrons. The fraction of sp³-hybridized carbons (Fsp3) is 0.154. The first kappa shape index (κ1) is 22.7. The molecule has 0 spiro atoms. The van der Waals surface area contributed by atoms with E-state index >= 15 is 0 Å². The number of nitrogens with one attached hydrogen (secondary N) is 1. The van der Waals surface area contributed by atoms with Gasteiger partial charge in [0, 0.05) is 11.6 Å². The third kappa shape index (κ3) is 4.66. The Balaban J connectivity index is 1.46. The molecule has 1 aliphatic heterocycles. The normalized spacial score (nSPS) is 13.1. The van der Waals surface area contributed by atoms with Crippen molar-refractivity contribution in [3.05, 3.63) is 77.5 Å². The van der Waals surface area contributed by atoms with Crippen LogP contribution in [-0.2, 0) is 4.79 Å². The number of methoxy groups -OCH3 is 3. The fourth-order valence-electron chi connectivity index (χ4n) is 3.51. The number of hydrogen-bond donors (Lipinski definition) is 1. The average molecular weight is 461 g/mol. The van der Waals surface area contributed by atoms with Gasteiger partial charge in [0.15, 0.2) is 23.9 Å². The van der Waals surface area contributed by atoms with Gasteiger partial charge in [0.2, 0.25) is 5.78 Å². The number of anilines is 1. The first-order valence-electron chi connectivity index (χ1n) is 10.4. The van der Waals surface area contributed by atoms with Crippen LogP contribution in [-0.4, -0.2) is 39.6 Å². The Kier molecular flexibility index (Phi) is 6.68. The zero-order chi connectivity index (χ0) is 24.1. The van der Waals surface area contributed by atoms with E-state index in [0.29, 0.717) is 45.6 Å². The van der Waals surface area contributed by atoms with Crippen LogP contribution >= 0.6 is 0 Å². The van der Waals surface area contributed by atoms with Gasteiger partial charge in [0.1, 0.15) is 17.2 Å². The second-order valence-corrected chi connectivity index (χ2v) is 7.22.